The van der Waals surface area contributed by atoms with Gasteiger partial charge in [-0.1, -0.05) is 44.2 Å². The van der Waals surface area contributed by atoms with Gasteiger partial charge in [0, 0.05) is 23.8 Å². The molecule has 0 fully saturated rings. The van der Waals surface area contributed by atoms with Crippen molar-refractivity contribution in [2.24, 2.45) is 5.92 Å². The Morgan fingerprint density at radius 2 is 1.89 bits per heavy atom. The number of amides is 1. The predicted molar refractivity (Wildman–Crippen MR) is 145 cm³/mol. The summed E-state index contributed by atoms with van der Waals surface area (Å²) in [6.07, 6.45) is 1.79. The summed E-state index contributed by atoms with van der Waals surface area (Å²) in [5, 5.41) is 4.81. The maximum atomic E-state index is 12.5. The molecule has 0 aliphatic heterocycles. The van der Waals surface area contributed by atoms with E-state index in [1.165, 1.54) is 0 Å². The van der Waals surface area contributed by atoms with Gasteiger partial charge < -0.3 is 24.1 Å². The van der Waals surface area contributed by atoms with E-state index in [-0.39, 0.29) is 6.04 Å². The summed E-state index contributed by atoms with van der Waals surface area (Å²) < 4.78 is 19.0. The fraction of sp³-hybridized carbons (Fsp3) is 0.464. The number of furan rings is 1. The van der Waals surface area contributed by atoms with Crippen LogP contribution in [0, 0.1) is 5.92 Å². The molecular formula is C28H39N2O5P. The molecule has 196 valence electrons. The van der Waals surface area contributed by atoms with E-state index in [9.17, 15) is 9.69 Å². The molecule has 0 bridgehead atoms. The first-order valence-electron chi connectivity index (χ1n) is 12.4. The largest absolute Gasteiger partial charge is 0.464 e. The van der Waals surface area contributed by atoms with Crippen molar-refractivity contribution in [1.29, 1.82) is 0 Å². The zero-order chi connectivity index (χ0) is 26.1. The quantitative estimate of drug-likeness (QED) is 0.296. The number of hydrogen-bond donors (Lipinski definition) is 2. The highest BCUT2D eigenvalue weighted by Crippen LogP contribution is 2.36. The lowest BCUT2D eigenvalue weighted by atomic mass is 10.2. The molecule has 1 aromatic heterocycles. The fourth-order valence-electron chi connectivity index (χ4n) is 3.80. The van der Waals surface area contributed by atoms with E-state index in [4.69, 9.17) is 13.9 Å². The highest BCUT2D eigenvalue weighted by atomic mass is 31.2. The SMILES string of the molecule is CC(C)CN(CCC(COCc1ccccc1)NC(=O)OC(C)(C)C)P(O)c1ccc2occc2c1. The molecule has 0 aliphatic carbocycles. The van der Waals surface area contributed by atoms with Crippen LogP contribution >= 0.6 is 8.30 Å². The fourth-order valence-corrected chi connectivity index (χ4v) is 5.37. The van der Waals surface area contributed by atoms with Crippen molar-refractivity contribution in [2.75, 3.05) is 19.7 Å². The van der Waals surface area contributed by atoms with Gasteiger partial charge in [-0.25, -0.2) is 4.79 Å². The van der Waals surface area contributed by atoms with E-state index in [2.05, 4.69) is 23.8 Å². The highest BCUT2D eigenvalue weighted by molar-refractivity contribution is 7.57. The molecular weight excluding hydrogens is 475 g/mol. The third-order valence-electron chi connectivity index (χ3n) is 5.40. The molecule has 0 aliphatic rings. The summed E-state index contributed by atoms with van der Waals surface area (Å²) in [6, 6.07) is 17.4. The number of fused-ring (bicyclic) bond motifs is 1. The molecule has 2 atom stereocenters. The normalized spacial score (nSPS) is 13.8. The minimum Gasteiger partial charge on any atom is -0.464 e. The van der Waals surface area contributed by atoms with E-state index in [0.29, 0.717) is 32.1 Å². The number of benzene rings is 2. The topological polar surface area (TPSA) is 84.2 Å². The molecule has 3 aromatic rings. The molecule has 0 saturated heterocycles. The van der Waals surface area contributed by atoms with E-state index in [1.807, 2.05) is 75.4 Å². The number of alkyl carbamates (subject to hydrolysis) is 1. The Kier molecular flexibility index (Phi) is 10.3. The van der Waals surface area contributed by atoms with E-state index < -0.39 is 20.0 Å². The first-order valence-corrected chi connectivity index (χ1v) is 13.7. The molecule has 3 rings (SSSR count). The lowest BCUT2D eigenvalue weighted by molar-refractivity contribution is 0.0418. The molecule has 2 aromatic carbocycles. The van der Waals surface area contributed by atoms with Crippen LogP contribution in [0.4, 0.5) is 4.79 Å². The summed E-state index contributed by atoms with van der Waals surface area (Å²) in [5.74, 6) is 0.367. The Morgan fingerprint density at radius 1 is 1.14 bits per heavy atom. The number of hydrogen-bond acceptors (Lipinski definition) is 6. The van der Waals surface area contributed by atoms with Crippen LogP contribution < -0.4 is 10.6 Å². The second-order valence-electron chi connectivity index (χ2n) is 10.4. The Hall–Kier alpha value is -2.44. The Bertz CT molecular complexity index is 1080. The van der Waals surface area contributed by atoms with Gasteiger partial charge in [-0.3, -0.25) is 4.67 Å². The molecule has 2 unspecified atom stereocenters. The lowest BCUT2D eigenvalue weighted by Gasteiger charge is -2.31. The third-order valence-corrected chi connectivity index (χ3v) is 7.04. The molecule has 36 heavy (non-hydrogen) atoms. The van der Waals surface area contributed by atoms with Gasteiger partial charge in [0.1, 0.15) is 19.5 Å². The second kappa shape index (κ2) is 13.2. The Balaban J connectivity index is 1.67. The number of nitrogens with zero attached hydrogens (tertiary/aromatic N) is 1. The van der Waals surface area contributed by atoms with Crippen molar-refractivity contribution in [3.8, 4) is 0 Å². The van der Waals surface area contributed by atoms with Crippen molar-refractivity contribution in [1.82, 2.24) is 9.99 Å². The zero-order valence-corrected chi connectivity index (χ0v) is 22.8. The van der Waals surface area contributed by atoms with Gasteiger partial charge in [-0.15, -0.1) is 0 Å². The van der Waals surface area contributed by atoms with Crippen molar-refractivity contribution in [3.63, 3.8) is 0 Å². The summed E-state index contributed by atoms with van der Waals surface area (Å²) in [5.41, 5.74) is 1.28. The maximum Gasteiger partial charge on any atom is 0.407 e. The van der Waals surface area contributed by atoms with Crippen LogP contribution in [-0.4, -0.2) is 47.0 Å². The van der Waals surface area contributed by atoms with E-state index in [1.54, 1.807) is 6.26 Å². The third kappa shape index (κ3) is 9.21. The Morgan fingerprint density at radius 3 is 2.58 bits per heavy atom. The molecule has 1 heterocycles. The van der Waals surface area contributed by atoms with Gasteiger partial charge in [-0.2, -0.15) is 0 Å². The van der Waals surface area contributed by atoms with Gasteiger partial charge in [0.15, 0.2) is 0 Å². The van der Waals surface area contributed by atoms with Gasteiger partial charge in [0.25, 0.3) is 0 Å². The molecule has 0 saturated carbocycles. The highest BCUT2D eigenvalue weighted by Gasteiger charge is 2.24. The molecule has 0 radical (unpaired) electrons. The zero-order valence-electron chi connectivity index (χ0n) is 21.9. The molecule has 0 spiro atoms. The summed E-state index contributed by atoms with van der Waals surface area (Å²) in [4.78, 5) is 23.8. The number of carbonyl (C=O) groups is 1. The molecule has 2 N–H and O–H groups in total. The number of nitrogens with one attached hydrogen (secondary N) is 1. The first kappa shape index (κ1) is 28.1. The van der Waals surface area contributed by atoms with Gasteiger partial charge >= 0.3 is 6.09 Å². The van der Waals surface area contributed by atoms with Crippen LogP contribution in [-0.2, 0) is 16.1 Å². The minimum atomic E-state index is -1.54. The standard InChI is InChI=1S/C28H39N2O5P/c1-21(2)18-30(36(32)25-11-12-26-23(17-25)14-16-34-26)15-13-24(29-27(31)35-28(3,4)5)20-33-19-22-9-7-6-8-10-22/h6-12,14,16-17,21,24,32H,13,15,18-20H2,1-5H3,(H,29,31). The predicted octanol–water partition coefficient (Wildman–Crippen LogP) is 5.82. The Labute approximate surface area is 215 Å². The molecule has 1 amide bonds. The van der Waals surface area contributed by atoms with Gasteiger partial charge in [0.05, 0.1) is 25.5 Å². The van der Waals surface area contributed by atoms with Crippen LogP contribution in [0.5, 0.6) is 0 Å². The molecule has 8 heteroatoms. The average molecular weight is 515 g/mol. The summed E-state index contributed by atoms with van der Waals surface area (Å²) in [7, 11) is -1.54. The molecule has 7 nitrogen and oxygen atoms in total. The van der Waals surface area contributed by atoms with Crippen LogP contribution in [0.3, 0.4) is 0 Å². The smallest absolute Gasteiger partial charge is 0.407 e. The minimum absolute atomic E-state index is 0.266. The lowest BCUT2D eigenvalue weighted by Crippen LogP contribution is -2.43. The first-order chi connectivity index (χ1) is 17.1. The summed E-state index contributed by atoms with van der Waals surface area (Å²) in [6.45, 7) is 11.9. The van der Waals surface area contributed by atoms with Crippen molar-refractivity contribution < 1.29 is 23.6 Å². The van der Waals surface area contributed by atoms with Crippen LogP contribution in [0.1, 0.15) is 46.6 Å². The van der Waals surface area contributed by atoms with Crippen LogP contribution in [0.2, 0.25) is 0 Å². The van der Waals surface area contributed by atoms with Gasteiger partial charge in [0.2, 0.25) is 0 Å². The number of rotatable bonds is 12. The van der Waals surface area contributed by atoms with Crippen molar-refractivity contribution >= 4 is 30.7 Å². The average Bonchev–Trinajstić information content (AvgIpc) is 3.28. The van der Waals surface area contributed by atoms with E-state index in [0.717, 1.165) is 28.4 Å². The monoisotopic (exact) mass is 514 g/mol. The van der Waals surface area contributed by atoms with Crippen LogP contribution in [0.15, 0.2) is 65.3 Å². The maximum absolute atomic E-state index is 12.5. The number of carbonyl (C=O) groups excluding carboxylic acids is 1. The van der Waals surface area contributed by atoms with Crippen molar-refractivity contribution in [2.45, 2.75) is 59.3 Å². The van der Waals surface area contributed by atoms with E-state index >= 15 is 0 Å². The second-order valence-corrected chi connectivity index (χ2v) is 12.0. The summed E-state index contributed by atoms with van der Waals surface area (Å²) >= 11 is 0. The number of ether oxygens (including phenoxy) is 2. The van der Waals surface area contributed by atoms with Crippen LogP contribution in [0.25, 0.3) is 11.0 Å². The van der Waals surface area contributed by atoms with Gasteiger partial charge in [-0.05, 0) is 62.9 Å². The van der Waals surface area contributed by atoms with Crippen molar-refractivity contribution in [3.05, 3.63) is 66.4 Å².